The van der Waals surface area contributed by atoms with Gasteiger partial charge in [-0.15, -0.1) is 0 Å². The average Bonchev–Trinajstić information content (AvgIpc) is 2.39. The lowest BCUT2D eigenvalue weighted by atomic mass is 10.2. The topological polar surface area (TPSA) is 33.0 Å². The summed E-state index contributed by atoms with van der Waals surface area (Å²) in [6, 6.07) is 13.0. The number of halogens is 2. The van der Waals surface area contributed by atoms with Gasteiger partial charge in [-0.3, -0.25) is 0 Å². The number of hydrogen-bond donors (Lipinski definition) is 0. The van der Waals surface area contributed by atoms with Crippen molar-refractivity contribution in [3.05, 3.63) is 63.9 Å². The first-order valence-electron chi connectivity index (χ1n) is 5.27. The molecule has 0 spiro atoms. The van der Waals surface area contributed by atoms with Crippen LogP contribution in [-0.2, 0) is 0 Å². The third kappa shape index (κ3) is 3.37. The van der Waals surface area contributed by atoms with E-state index in [-0.39, 0.29) is 16.4 Å². The fourth-order valence-electron chi connectivity index (χ4n) is 1.40. The summed E-state index contributed by atoms with van der Waals surface area (Å²) in [7, 11) is 0. The van der Waals surface area contributed by atoms with Gasteiger partial charge in [0.15, 0.2) is 5.05 Å². The number of benzene rings is 2. The van der Waals surface area contributed by atoms with Crippen LogP contribution >= 0.6 is 28.1 Å². The van der Waals surface area contributed by atoms with Gasteiger partial charge in [-0.05, 0) is 48.6 Å². The van der Waals surface area contributed by atoms with Crippen molar-refractivity contribution in [2.24, 2.45) is 0 Å². The van der Waals surface area contributed by atoms with Gasteiger partial charge in [-0.1, -0.05) is 15.9 Å². The molecule has 0 aliphatic heterocycles. The van der Waals surface area contributed by atoms with E-state index in [0.717, 1.165) is 16.1 Å². The van der Waals surface area contributed by atoms with E-state index in [9.17, 15) is 4.39 Å². The first kappa shape index (κ1) is 13.7. The van der Waals surface area contributed by atoms with Crippen LogP contribution in [0.5, 0.6) is 5.75 Å². The summed E-state index contributed by atoms with van der Waals surface area (Å²) in [6.45, 7) is 0. The van der Waals surface area contributed by atoms with E-state index < -0.39 is 5.82 Å². The number of rotatable bonds is 2. The van der Waals surface area contributed by atoms with Gasteiger partial charge in [0.2, 0.25) is 0 Å². The molecule has 94 valence electrons. The van der Waals surface area contributed by atoms with Crippen LogP contribution in [0, 0.1) is 17.1 Å². The summed E-state index contributed by atoms with van der Waals surface area (Å²) in [5.41, 5.74) is 0.699. The van der Waals surface area contributed by atoms with Crippen molar-refractivity contribution in [2.75, 3.05) is 0 Å². The van der Waals surface area contributed by atoms with Gasteiger partial charge in [0.05, 0.1) is 5.56 Å². The normalized spacial score (nSPS) is 9.74. The molecule has 2 nitrogen and oxygen atoms in total. The van der Waals surface area contributed by atoms with Crippen LogP contribution in [-0.4, -0.2) is 5.05 Å². The molecule has 0 unspecified atom stereocenters. The molecule has 0 atom stereocenters. The van der Waals surface area contributed by atoms with Crippen molar-refractivity contribution in [2.45, 2.75) is 0 Å². The van der Waals surface area contributed by atoms with Crippen LogP contribution in [0.1, 0.15) is 11.1 Å². The number of hydrogen-bond acceptors (Lipinski definition) is 3. The Kier molecular flexibility index (Phi) is 4.25. The van der Waals surface area contributed by atoms with Gasteiger partial charge >= 0.3 is 0 Å². The maximum Gasteiger partial charge on any atom is 0.198 e. The van der Waals surface area contributed by atoms with E-state index in [2.05, 4.69) is 15.9 Å². The van der Waals surface area contributed by atoms with E-state index in [1.165, 1.54) is 12.1 Å². The van der Waals surface area contributed by atoms with Gasteiger partial charge < -0.3 is 4.74 Å². The van der Waals surface area contributed by atoms with Crippen molar-refractivity contribution in [1.29, 1.82) is 5.26 Å². The predicted molar refractivity (Wildman–Crippen MR) is 77.6 cm³/mol. The number of nitrogens with zero attached hydrogens (tertiary/aromatic N) is 1. The molecule has 5 heteroatoms. The summed E-state index contributed by atoms with van der Waals surface area (Å²) < 4.78 is 19.7. The zero-order valence-corrected chi connectivity index (χ0v) is 12.0. The third-order valence-corrected chi connectivity index (χ3v) is 3.20. The summed E-state index contributed by atoms with van der Waals surface area (Å²) in [4.78, 5) is 0. The van der Waals surface area contributed by atoms with Crippen molar-refractivity contribution in [3.8, 4) is 11.8 Å². The molecule has 0 saturated carbocycles. The van der Waals surface area contributed by atoms with Crippen LogP contribution in [0.4, 0.5) is 4.39 Å². The van der Waals surface area contributed by atoms with Crippen LogP contribution in [0.15, 0.2) is 46.9 Å². The van der Waals surface area contributed by atoms with Crippen LogP contribution in [0.25, 0.3) is 0 Å². The summed E-state index contributed by atoms with van der Waals surface area (Å²) in [5.74, 6) is -0.358. The minimum absolute atomic E-state index is 0.0260. The van der Waals surface area contributed by atoms with Crippen molar-refractivity contribution < 1.29 is 9.13 Å². The second-order valence-electron chi connectivity index (χ2n) is 3.65. The van der Waals surface area contributed by atoms with E-state index in [0.29, 0.717) is 0 Å². The van der Waals surface area contributed by atoms with Crippen molar-refractivity contribution in [1.82, 2.24) is 0 Å². The van der Waals surface area contributed by atoms with E-state index in [1.807, 2.05) is 12.1 Å². The van der Waals surface area contributed by atoms with Gasteiger partial charge in [-0.25, -0.2) is 4.39 Å². The second-order valence-corrected chi connectivity index (χ2v) is 4.94. The molecule has 2 aromatic carbocycles. The monoisotopic (exact) mass is 335 g/mol. The van der Waals surface area contributed by atoms with Crippen LogP contribution in [0.3, 0.4) is 0 Å². The molecular formula is C14H7BrFNOS. The fourth-order valence-corrected chi connectivity index (χ4v) is 1.90. The van der Waals surface area contributed by atoms with Gasteiger partial charge in [0, 0.05) is 16.1 Å². The minimum atomic E-state index is -0.626. The average molecular weight is 336 g/mol. The molecule has 0 heterocycles. The molecule has 2 aromatic rings. The summed E-state index contributed by atoms with van der Waals surface area (Å²) >= 11 is 8.45. The first-order chi connectivity index (χ1) is 9.10. The van der Waals surface area contributed by atoms with Crippen LogP contribution < -0.4 is 4.74 Å². The van der Waals surface area contributed by atoms with E-state index in [1.54, 1.807) is 18.2 Å². The maximum atomic E-state index is 13.4. The highest BCUT2D eigenvalue weighted by molar-refractivity contribution is 9.10. The molecule has 0 saturated heterocycles. The Morgan fingerprint density at radius 1 is 1.21 bits per heavy atom. The van der Waals surface area contributed by atoms with Crippen molar-refractivity contribution in [3.63, 3.8) is 0 Å². The van der Waals surface area contributed by atoms with E-state index >= 15 is 0 Å². The highest BCUT2D eigenvalue weighted by Crippen LogP contribution is 2.18. The first-order valence-corrected chi connectivity index (χ1v) is 6.47. The lowest BCUT2D eigenvalue weighted by Crippen LogP contribution is -2.07. The smallest absolute Gasteiger partial charge is 0.198 e. The molecule has 0 N–H and O–H groups in total. The lowest BCUT2D eigenvalue weighted by molar-refractivity contribution is 0.551. The quantitative estimate of drug-likeness (QED) is 0.770. The summed E-state index contributed by atoms with van der Waals surface area (Å²) in [6.07, 6.45) is 0. The third-order valence-electron chi connectivity index (χ3n) is 2.35. The maximum absolute atomic E-state index is 13.4. The molecule has 0 aliphatic carbocycles. The molecule has 2 rings (SSSR count). The Hall–Kier alpha value is -1.77. The minimum Gasteiger partial charge on any atom is -0.445 e. The molecular weight excluding hydrogens is 329 g/mol. The standard InChI is InChI=1S/C14H7BrFNOS/c15-11-4-1-9(2-5-11)14(19)18-12-6-3-10(8-17)13(16)7-12/h1-7H. The van der Waals surface area contributed by atoms with E-state index in [4.69, 9.17) is 22.2 Å². The number of nitriles is 1. The Labute approximate surface area is 123 Å². The molecule has 0 radical (unpaired) electrons. The van der Waals surface area contributed by atoms with Gasteiger partial charge in [0.1, 0.15) is 17.6 Å². The van der Waals surface area contributed by atoms with Gasteiger partial charge in [-0.2, -0.15) is 5.26 Å². The molecule has 0 bridgehead atoms. The molecule has 0 aliphatic rings. The fraction of sp³-hybridized carbons (Fsp3) is 0. The molecule has 0 amide bonds. The molecule has 0 aromatic heterocycles. The molecule has 0 fully saturated rings. The Morgan fingerprint density at radius 2 is 1.89 bits per heavy atom. The summed E-state index contributed by atoms with van der Waals surface area (Å²) in [5, 5.41) is 8.88. The second kappa shape index (κ2) is 5.91. The number of ether oxygens (including phenoxy) is 1. The van der Waals surface area contributed by atoms with Crippen LogP contribution in [0.2, 0.25) is 0 Å². The zero-order chi connectivity index (χ0) is 13.8. The molecule has 19 heavy (non-hydrogen) atoms. The Bertz CT molecular complexity index is 664. The Balaban J connectivity index is 2.17. The highest BCUT2D eigenvalue weighted by atomic mass is 79.9. The SMILES string of the molecule is N#Cc1ccc(OC(=S)c2ccc(Br)cc2)cc1F. The predicted octanol–water partition coefficient (Wildman–Crippen LogP) is 4.21. The number of thiocarbonyl (C=S) groups is 1. The lowest BCUT2D eigenvalue weighted by Gasteiger charge is -2.07. The van der Waals surface area contributed by atoms with Crippen molar-refractivity contribution >= 4 is 33.2 Å². The largest absolute Gasteiger partial charge is 0.445 e. The zero-order valence-electron chi connectivity index (χ0n) is 9.56. The highest BCUT2D eigenvalue weighted by Gasteiger charge is 2.07. The Morgan fingerprint density at radius 3 is 2.47 bits per heavy atom. The van der Waals surface area contributed by atoms with Gasteiger partial charge in [0.25, 0.3) is 0 Å².